The molecule has 3 nitrogen and oxygen atoms in total. The van der Waals surface area contributed by atoms with Crippen LogP contribution in [0.5, 0.6) is 5.75 Å². The highest BCUT2D eigenvalue weighted by Gasteiger charge is 2.02. The van der Waals surface area contributed by atoms with Crippen LogP contribution in [0.4, 0.5) is 0 Å². The van der Waals surface area contributed by atoms with E-state index in [0.29, 0.717) is 5.56 Å². The van der Waals surface area contributed by atoms with Gasteiger partial charge in [0.1, 0.15) is 0 Å². The molecule has 1 aromatic carbocycles. The molecule has 2 N–H and O–H groups in total. The Hall–Kier alpha value is -1.35. The molecule has 0 aromatic heterocycles. The Balaban J connectivity index is 3.52. The Morgan fingerprint density at radius 1 is 1.42 bits per heavy atom. The van der Waals surface area contributed by atoms with E-state index in [1.165, 1.54) is 6.07 Å². The van der Waals surface area contributed by atoms with E-state index in [9.17, 15) is 9.90 Å². The topological polar surface area (TPSA) is 57.5 Å². The van der Waals surface area contributed by atoms with Crippen molar-refractivity contribution < 1.29 is 10.2 Å². The van der Waals surface area contributed by atoms with Gasteiger partial charge in [-0.15, -0.1) is 0 Å². The van der Waals surface area contributed by atoms with Crippen molar-refractivity contribution in [2.75, 3.05) is 0 Å². The van der Waals surface area contributed by atoms with Crippen LogP contribution in [0.25, 0.3) is 0 Å². The van der Waals surface area contributed by atoms with E-state index in [4.69, 9.17) is 5.11 Å². The Bertz CT molecular complexity index is 344. The highest BCUT2D eigenvalue weighted by atomic mass is 16.3. The third kappa shape index (κ3) is 1.46. The molecule has 0 radical (unpaired) electrons. The average Bonchev–Trinajstić information content (AvgIpc) is 2.19. The number of aliphatic hydroxyl groups is 1. The third-order valence-corrected chi connectivity index (χ3v) is 1.69. The molecule has 0 saturated carbocycles. The molecule has 0 amide bonds. The van der Waals surface area contributed by atoms with E-state index in [-0.39, 0.29) is 17.9 Å². The maximum atomic E-state index is 11.2. The van der Waals surface area contributed by atoms with Gasteiger partial charge in [-0.1, -0.05) is 18.2 Å². The van der Waals surface area contributed by atoms with Crippen molar-refractivity contribution in [3.05, 3.63) is 39.5 Å². The summed E-state index contributed by atoms with van der Waals surface area (Å²) in [4.78, 5) is 11.2. The summed E-state index contributed by atoms with van der Waals surface area (Å²) >= 11 is 0. The molecule has 0 aliphatic rings. The van der Waals surface area contributed by atoms with Crippen LogP contribution >= 0.6 is 0 Å². The minimum Gasteiger partial charge on any atom is -0.504 e. The molecule has 64 valence electrons. The monoisotopic (exact) mass is 166 g/mol. The SMILES string of the molecule is Cc1cccc(CO)c(=O)c1O. The largest absolute Gasteiger partial charge is 0.504 e. The molecule has 0 atom stereocenters. The third-order valence-electron chi connectivity index (χ3n) is 1.69. The molecule has 3 heteroatoms. The maximum absolute atomic E-state index is 11.2. The van der Waals surface area contributed by atoms with Crippen molar-refractivity contribution in [1.29, 1.82) is 0 Å². The lowest BCUT2D eigenvalue weighted by atomic mass is 10.2. The fraction of sp³-hybridized carbons (Fsp3) is 0.222. The number of hydrogen-bond donors (Lipinski definition) is 2. The minimum atomic E-state index is -0.500. The van der Waals surface area contributed by atoms with Gasteiger partial charge >= 0.3 is 0 Å². The lowest BCUT2D eigenvalue weighted by Gasteiger charge is -1.90. The van der Waals surface area contributed by atoms with Crippen molar-refractivity contribution in [2.45, 2.75) is 13.5 Å². The molecule has 1 rings (SSSR count). The molecule has 0 spiro atoms. The zero-order valence-electron chi connectivity index (χ0n) is 6.74. The lowest BCUT2D eigenvalue weighted by Crippen LogP contribution is -2.05. The second-order valence-electron chi connectivity index (χ2n) is 2.57. The number of aryl methyl sites for hydroxylation is 1. The van der Waals surface area contributed by atoms with Crippen molar-refractivity contribution in [2.24, 2.45) is 0 Å². The van der Waals surface area contributed by atoms with Crippen LogP contribution in [-0.4, -0.2) is 10.2 Å². The normalized spacial score (nSPS) is 9.83. The average molecular weight is 166 g/mol. The second-order valence-corrected chi connectivity index (χ2v) is 2.57. The van der Waals surface area contributed by atoms with Crippen molar-refractivity contribution in [3.8, 4) is 5.75 Å². The fourth-order valence-corrected chi connectivity index (χ4v) is 0.919. The van der Waals surface area contributed by atoms with Gasteiger partial charge in [0.25, 0.3) is 0 Å². The van der Waals surface area contributed by atoms with Gasteiger partial charge in [0.05, 0.1) is 6.61 Å². The lowest BCUT2D eigenvalue weighted by molar-refractivity contribution is 0.280. The Morgan fingerprint density at radius 3 is 2.67 bits per heavy atom. The van der Waals surface area contributed by atoms with Gasteiger partial charge in [0.2, 0.25) is 5.43 Å². The van der Waals surface area contributed by atoms with Crippen LogP contribution in [-0.2, 0) is 6.61 Å². The van der Waals surface area contributed by atoms with Crippen molar-refractivity contribution in [3.63, 3.8) is 0 Å². The minimum absolute atomic E-state index is 0.209. The summed E-state index contributed by atoms with van der Waals surface area (Å²) in [6.07, 6.45) is 0. The molecule has 0 bridgehead atoms. The number of rotatable bonds is 1. The molecular weight excluding hydrogens is 156 g/mol. The van der Waals surface area contributed by atoms with Crippen LogP contribution in [0.3, 0.4) is 0 Å². The summed E-state index contributed by atoms with van der Waals surface area (Å²) in [6, 6.07) is 4.74. The second kappa shape index (κ2) is 3.36. The van der Waals surface area contributed by atoms with Gasteiger partial charge in [0, 0.05) is 5.56 Å². The van der Waals surface area contributed by atoms with Crippen LogP contribution < -0.4 is 5.43 Å². The summed E-state index contributed by atoms with van der Waals surface area (Å²) in [5.74, 6) is -0.288. The molecule has 0 saturated heterocycles. The zero-order chi connectivity index (χ0) is 9.14. The van der Waals surface area contributed by atoms with Gasteiger partial charge < -0.3 is 10.2 Å². The van der Waals surface area contributed by atoms with Crippen LogP contribution in [0.2, 0.25) is 0 Å². The van der Waals surface area contributed by atoms with E-state index >= 15 is 0 Å². The van der Waals surface area contributed by atoms with Crippen molar-refractivity contribution in [1.82, 2.24) is 0 Å². The van der Waals surface area contributed by atoms with Crippen LogP contribution in [0.15, 0.2) is 23.0 Å². The van der Waals surface area contributed by atoms with Gasteiger partial charge in [-0.3, -0.25) is 4.79 Å². The first-order valence-electron chi connectivity index (χ1n) is 3.59. The van der Waals surface area contributed by atoms with E-state index in [1.807, 2.05) is 0 Å². The molecule has 1 aromatic rings. The summed E-state index contributed by atoms with van der Waals surface area (Å²) in [5.41, 5.74) is 0.223. The number of aliphatic hydroxyl groups excluding tert-OH is 1. The van der Waals surface area contributed by atoms with E-state index in [1.54, 1.807) is 19.1 Å². The molecule has 12 heavy (non-hydrogen) atoms. The first-order valence-corrected chi connectivity index (χ1v) is 3.59. The smallest absolute Gasteiger partial charge is 0.225 e. The molecule has 0 aliphatic heterocycles. The first kappa shape index (κ1) is 8.74. The number of hydrogen-bond acceptors (Lipinski definition) is 3. The molecule has 0 heterocycles. The molecule has 0 unspecified atom stereocenters. The standard InChI is InChI=1S/C9H10O3/c1-6-3-2-4-7(5-10)9(12)8(6)11/h2-4,10H,5H2,1H3,(H,11,12). The predicted octanol–water partition coefficient (Wildman–Crippen LogP) is 0.553. The summed E-state index contributed by atoms with van der Waals surface area (Å²) in [5, 5.41) is 18.0. The van der Waals surface area contributed by atoms with Crippen LogP contribution in [0, 0.1) is 6.92 Å². The fourth-order valence-electron chi connectivity index (χ4n) is 0.919. The highest BCUT2D eigenvalue weighted by Crippen LogP contribution is 2.08. The zero-order valence-corrected chi connectivity index (χ0v) is 6.74. The predicted molar refractivity (Wildman–Crippen MR) is 45.0 cm³/mol. The quantitative estimate of drug-likeness (QED) is 0.640. The van der Waals surface area contributed by atoms with E-state index in [2.05, 4.69) is 0 Å². The summed E-state index contributed by atoms with van der Waals surface area (Å²) in [7, 11) is 0. The molecule has 0 aliphatic carbocycles. The highest BCUT2D eigenvalue weighted by molar-refractivity contribution is 5.33. The van der Waals surface area contributed by atoms with Gasteiger partial charge in [-0.2, -0.15) is 0 Å². The van der Waals surface area contributed by atoms with Gasteiger partial charge in [-0.05, 0) is 12.5 Å². The van der Waals surface area contributed by atoms with E-state index in [0.717, 1.165) is 0 Å². The summed E-state index contributed by atoms with van der Waals surface area (Å²) in [6.45, 7) is 1.29. The summed E-state index contributed by atoms with van der Waals surface area (Å²) < 4.78 is 0. The maximum Gasteiger partial charge on any atom is 0.225 e. The first-order chi connectivity index (χ1) is 5.66. The Kier molecular flexibility index (Phi) is 2.45. The Labute approximate surface area is 69.9 Å². The van der Waals surface area contributed by atoms with Crippen LogP contribution in [0.1, 0.15) is 11.1 Å². The number of aromatic hydroxyl groups is 1. The van der Waals surface area contributed by atoms with Gasteiger partial charge in [0.15, 0.2) is 5.75 Å². The van der Waals surface area contributed by atoms with Gasteiger partial charge in [-0.25, -0.2) is 0 Å². The van der Waals surface area contributed by atoms with E-state index < -0.39 is 5.43 Å². The molecular formula is C9H10O3. The Morgan fingerprint density at radius 2 is 2.08 bits per heavy atom. The molecule has 0 fully saturated rings. The van der Waals surface area contributed by atoms with Crippen molar-refractivity contribution >= 4 is 0 Å².